The maximum absolute atomic E-state index is 11.9. The highest BCUT2D eigenvalue weighted by Gasteiger charge is 2.18. The number of nitrogens with one attached hydrogen (secondary N) is 2. The molecule has 0 aliphatic carbocycles. The molecule has 1 aromatic carbocycles. The maximum atomic E-state index is 11.9. The van der Waals surface area contributed by atoms with E-state index in [1.807, 2.05) is 13.8 Å². The van der Waals surface area contributed by atoms with Crippen molar-refractivity contribution in [2.75, 3.05) is 0 Å². The van der Waals surface area contributed by atoms with Gasteiger partial charge < -0.3 is 15.7 Å². The largest absolute Gasteiger partial charge is 0.508 e. The molecule has 0 aromatic heterocycles. The summed E-state index contributed by atoms with van der Waals surface area (Å²) in [5.41, 5.74) is 0.130. The second-order valence-corrected chi connectivity index (χ2v) is 4.93. The molecule has 104 valence electrons. The molecule has 0 aliphatic rings. The van der Waals surface area contributed by atoms with E-state index in [0.717, 1.165) is 0 Å². The maximum Gasteiger partial charge on any atom is 0.253 e. The molecule has 2 amide bonds. The molecule has 0 radical (unpaired) electrons. The van der Waals surface area contributed by atoms with Gasteiger partial charge in [-0.25, -0.2) is 0 Å². The number of benzene rings is 1. The zero-order valence-corrected chi connectivity index (χ0v) is 11.8. The van der Waals surface area contributed by atoms with Gasteiger partial charge in [-0.1, -0.05) is 11.6 Å². The molecule has 0 aliphatic heterocycles. The van der Waals surface area contributed by atoms with Crippen LogP contribution in [0.4, 0.5) is 0 Å². The third-order valence-electron chi connectivity index (χ3n) is 2.37. The summed E-state index contributed by atoms with van der Waals surface area (Å²) in [7, 11) is 0. The summed E-state index contributed by atoms with van der Waals surface area (Å²) in [5, 5.41) is 14.8. The predicted octanol–water partition coefficient (Wildman–Crippen LogP) is 1.69. The molecule has 1 rings (SSSR count). The number of phenols is 1. The Morgan fingerprint density at radius 2 is 1.84 bits per heavy atom. The second-order valence-electron chi connectivity index (χ2n) is 4.52. The fourth-order valence-corrected chi connectivity index (χ4v) is 1.64. The van der Waals surface area contributed by atoms with E-state index in [-0.39, 0.29) is 28.3 Å². The van der Waals surface area contributed by atoms with Crippen LogP contribution in [-0.2, 0) is 4.79 Å². The number of aromatic hydroxyl groups is 1. The first-order chi connectivity index (χ1) is 8.81. The Labute approximate surface area is 117 Å². The van der Waals surface area contributed by atoms with Gasteiger partial charge in [0.1, 0.15) is 11.8 Å². The average Bonchev–Trinajstić information content (AvgIpc) is 2.31. The van der Waals surface area contributed by atoms with Crippen LogP contribution in [0.2, 0.25) is 5.02 Å². The Hall–Kier alpha value is -1.75. The quantitative estimate of drug-likeness (QED) is 0.787. The van der Waals surface area contributed by atoms with E-state index in [2.05, 4.69) is 10.6 Å². The van der Waals surface area contributed by atoms with Gasteiger partial charge >= 0.3 is 0 Å². The van der Waals surface area contributed by atoms with Gasteiger partial charge in [0, 0.05) is 6.04 Å². The van der Waals surface area contributed by atoms with Crippen LogP contribution in [0.3, 0.4) is 0 Å². The van der Waals surface area contributed by atoms with Crippen LogP contribution < -0.4 is 10.6 Å². The molecular formula is C13H17ClN2O3. The lowest BCUT2D eigenvalue weighted by Crippen LogP contribution is -2.46. The molecule has 0 saturated heterocycles. The third kappa shape index (κ3) is 4.44. The van der Waals surface area contributed by atoms with Gasteiger partial charge in [-0.2, -0.15) is 0 Å². The summed E-state index contributed by atoms with van der Waals surface area (Å²) < 4.78 is 0. The van der Waals surface area contributed by atoms with Crippen LogP contribution in [0.15, 0.2) is 18.2 Å². The number of rotatable bonds is 4. The first kappa shape index (κ1) is 15.3. The highest BCUT2D eigenvalue weighted by atomic mass is 35.5. The van der Waals surface area contributed by atoms with E-state index < -0.39 is 11.9 Å². The van der Waals surface area contributed by atoms with Crippen LogP contribution in [0.1, 0.15) is 31.1 Å². The molecule has 1 atom stereocenters. The van der Waals surface area contributed by atoms with Gasteiger partial charge in [-0.05, 0) is 39.0 Å². The summed E-state index contributed by atoms with van der Waals surface area (Å²) >= 11 is 5.87. The smallest absolute Gasteiger partial charge is 0.253 e. The van der Waals surface area contributed by atoms with Crippen LogP contribution in [0, 0.1) is 0 Å². The number of phenolic OH excluding ortho intramolecular Hbond substituents is 1. The highest BCUT2D eigenvalue weighted by molar-refractivity contribution is 6.34. The molecule has 1 aromatic rings. The topological polar surface area (TPSA) is 78.4 Å². The minimum Gasteiger partial charge on any atom is -0.508 e. The second kappa shape index (κ2) is 6.43. The Morgan fingerprint density at radius 3 is 2.42 bits per heavy atom. The molecule has 19 heavy (non-hydrogen) atoms. The molecule has 6 heteroatoms. The third-order valence-corrected chi connectivity index (χ3v) is 2.70. The summed E-state index contributed by atoms with van der Waals surface area (Å²) in [5.74, 6) is -0.847. The zero-order valence-electron chi connectivity index (χ0n) is 11.0. The minimum atomic E-state index is -0.687. The van der Waals surface area contributed by atoms with Crippen molar-refractivity contribution in [3.63, 3.8) is 0 Å². The summed E-state index contributed by atoms with van der Waals surface area (Å²) in [6, 6.07) is 3.37. The van der Waals surface area contributed by atoms with Gasteiger partial charge in [0.2, 0.25) is 5.91 Å². The predicted molar refractivity (Wildman–Crippen MR) is 73.3 cm³/mol. The highest BCUT2D eigenvalue weighted by Crippen LogP contribution is 2.21. The van der Waals surface area contributed by atoms with E-state index >= 15 is 0 Å². The van der Waals surface area contributed by atoms with Crippen LogP contribution in [0.5, 0.6) is 5.75 Å². The van der Waals surface area contributed by atoms with Crippen molar-refractivity contribution < 1.29 is 14.7 Å². The molecule has 5 nitrogen and oxygen atoms in total. The van der Waals surface area contributed by atoms with Crippen LogP contribution in [-0.4, -0.2) is 29.0 Å². The summed E-state index contributed by atoms with van der Waals surface area (Å²) in [6.45, 7) is 5.24. The standard InChI is InChI=1S/C13H17ClN2O3/c1-7(2)15-12(18)8(3)16-13(19)10-6-9(17)4-5-11(10)14/h4-8,17H,1-3H3,(H,15,18)(H,16,19). The molecule has 0 heterocycles. The summed E-state index contributed by atoms with van der Waals surface area (Å²) in [6.07, 6.45) is 0. The Kier molecular flexibility index (Phi) is 5.18. The zero-order chi connectivity index (χ0) is 14.6. The Bertz CT molecular complexity index is 489. The number of carbonyl (C=O) groups excluding carboxylic acids is 2. The molecule has 0 bridgehead atoms. The van der Waals surface area contributed by atoms with Gasteiger partial charge in [0.25, 0.3) is 5.91 Å². The van der Waals surface area contributed by atoms with Crippen LogP contribution >= 0.6 is 11.6 Å². The normalized spacial score (nSPS) is 12.1. The lowest BCUT2D eigenvalue weighted by atomic mass is 10.2. The van der Waals surface area contributed by atoms with Crippen molar-refractivity contribution in [1.82, 2.24) is 10.6 Å². The number of hydrogen-bond acceptors (Lipinski definition) is 3. The number of halogens is 1. The number of amides is 2. The van der Waals surface area contributed by atoms with Crippen molar-refractivity contribution in [1.29, 1.82) is 0 Å². The number of carbonyl (C=O) groups is 2. The minimum absolute atomic E-state index is 0.00351. The fraction of sp³-hybridized carbons (Fsp3) is 0.385. The Balaban J connectivity index is 2.74. The van der Waals surface area contributed by atoms with E-state index in [1.165, 1.54) is 18.2 Å². The Morgan fingerprint density at radius 1 is 1.21 bits per heavy atom. The van der Waals surface area contributed by atoms with Crippen molar-refractivity contribution in [2.45, 2.75) is 32.9 Å². The lowest BCUT2D eigenvalue weighted by molar-refractivity contribution is -0.123. The number of hydrogen-bond donors (Lipinski definition) is 3. The SMILES string of the molecule is CC(C)NC(=O)C(C)NC(=O)c1cc(O)ccc1Cl. The van der Waals surface area contributed by atoms with E-state index in [4.69, 9.17) is 11.6 Å². The molecular weight excluding hydrogens is 268 g/mol. The van der Waals surface area contributed by atoms with E-state index in [9.17, 15) is 14.7 Å². The van der Waals surface area contributed by atoms with Gasteiger partial charge in [0.15, 0.2) is 0 Å². The molecule has 3 N–H and O–H groups in total. The molecule has 1 unspecified atom stereocenters. The first-order valence-corrected chi connectivity index (χ1v) is 6.28. The summed E-state index contributed by atoms with van der Waals surface area (Å²) in [4.78, 5) is 23.6. The molecule has 0 fully saturated rings. The van der Waals surface area contributed by atoms with E-state index in [1.54, 1.807) is 6.92 Å². The monoisotopic (exact) mass is 284 g/mol. The van der Waals surface area contributed by atoms with Crippen molar-refractivity contribution in [3.05, 3.63) is 28.8 Å². The molecule has 0 spiro atoms. The van der Waals surface area contributed by atoms with Crippen molar-refractivity contribution in [2.24, 2.45) is 0 Å². The van der Waals surface area contributed by atoms with Gasteiger partial charge in [-0.3, -0.25) is 9.59 Å². The van der Waals surface area contributed by atoms with Crippen LogP contribution in [0.25, 0.3) is 0 Å². The van der Waals surface area contributed by atoms with E-state index in [0.29, 0.717) is 0 Å². The van der Waals surface area contributed by atoms with Gasteiger partial charge in [0.05, 0.1) is 10.6 Å². The molecule has 0 saturated carbocycles. The van der Waals surface area contributed by atoms with Crippen molar-refractivity contribution >= 4 is 23.4 Å². The average molecular weight is 285 g/mol. The lowest BCUT2D eigenvalue weighted by Gasteiger charge is -2.16. The first-order valence-electron chi connectivity index (χ1n) is 5.91. The van der Waals surface area contributed by atoms with Gasteiger partial charge in [-0.15, -0.1) is 0 Å². The van der Waals surface area contributed by atoms with Crippen molar-refractivity contribution in [3.8, 4) is 5.75 Å². The fourth-order valence-electron chi connectivity index (χ4n) is 1.44.